The average molecular weight is 235 g/mol. The van der Waals surface area contributed by atoms with Crippen molar-refractivity contribution in [2.75, 3.05) is 0 Å². The monoisotopic (exact) mass is 235 g/mol. The second-order valence-electron chi connectivity index (χ2n) is 4.21. The molecule has 0 heterocycles. The van der Waals surface area contributed by atoms with Crippen LogP contribution in [0.1, 0.15) is 25.8 Å². The smallest absolute Gasteiger partial charge is 0.356 e. The first kappa shape index (κ1) is 13.2. The van der Waals surface area contributed by atoms with E-state index in [0.717, 1.165) is 5.56 Å². The number of rotatable bonds is 5. The summed E-state index contributed by atoms with van der Waals surface area (Å²) in [7, 11) is 0. The molecule has 1 rings (SSSR count). The van der Waals surface area contributed by atoms with Gasteiger partial charge in [0.1, 0.15) is 6.61 Å². The fraction of sp³-hybridized carbons (Fsp3) is 0.385. The summed E-state index contributed by atoms with van der Waals surface area (Å²) in [6.45, 7) is 4.07. The second-order valence-corrected chi connectivity index (χ2v) is 4.21. The maximum Gasteiger partial charge on any atom is 0.356 e. The quantitative estimate of drug-likeness (QED) is 0.369. The van der Waals surface area contributed by atoms with E-state index in [1.54, 1.807) is 0 Å². The lowest BCUT2D eigenvalue weighted by molar-refractivity contribution is -0.137. The minimum atomic E-state index is -0.565. The number of hydrogen-bond acceptors (Lipinski definition) is 4. The van der Waals surface area contributed by atoms with Gasteiger partial charge in [0.05, 0.1) is 0 Å². The molecule has 0 aromatic heterocycles. The van der Waals surface area contributed by atoms with Gasteiger partial charge in [0, 0.05) is 6.42 Å². The molecule has 0 amide bonds. The maximum absolute atomic E-state index is 11.6. The van der Waals surface area contributed by atoms with Crippen LogP contribution in [-0.4, -0.2) is 16.9 Å². The average Bonchev–Trinajstić information content (AvgIpc) is 2.34. The van der Waals surface area contributed by atoms with Crippen LogP contribution >= 0.6 is 0 Å². The fourth-order valence-corrected chi connectivity index (χ4v) is 1.36. The topological polar surface area (TPSA) is 58.9 Å². The van der Waals surface area contributed by atoms with E-state index in [1.165, 1.54) is 0 Å². The van der Waals surface area contributed by atoms with Gasteiger partial charge >= 0.3 is 5.97 Å². The van der Waals surface area contributed by atoms with E-state index in [9.17, 15) is 4.79 Å². The Balaban J connectivity index is 2.49. The van der Waals surface area contributed by atoms with Crippen LogP contribution < -0.4 is 0 Å². The second kappa shape index (κ2) is 6.68. The summed E-state index contributed by atoms with van der Waals surface area (Å²) in [5, 5.41) is 11.7. The molecule has 0 saturated heterocycles. The van der Waals surface area contributed by atoms with Gasteiger partial charge in [0.2, 0.25) is 0 Å². The Labute approximate surface area is 101 Å². The molecule has 1 aromatic rings. The number of nitrogens with zero attached hydrogens (tertiary/aromatic N) is 1. The van der Waals surface area contributed by atoms with E-state index in [2.05, 4.69) is 5.16 Å². The molecule has 0 unspecified atom stereocenters. The highest BCUT2D eigenvalue weighted by atomic mass is 16.5. The van der Waals surface area contributed by atoms with Crippen LogP contribution in [0.5, 0.6) is 0 Å². The minimum Gasteiger partial charge on any atom is -0.456 e. The van der Waals surface area contributed by atoms with E-state index in [4.69, 9.17) is 9.94 Å². The van der Waals surface area contributed by atoms with Crippen molar-refractivity contribution in [3.8, 4) is 0 Å². The molecule has 0 aliphatic heterocycles. The third-order valence-electron chi connectivity index (χ3n) is 2.17. The van der Waals surface area contributed by atoms with E-state index >= 15 is 0 Å². The van der Waals surface area contributed by atoms with Crippen molar-refractivity contribution < 1.29 is 14.7 Å². The molecule has 0 radical (unpaired) electrons. The zero-order valence-electron chi connectivity index (χ0n) is 10.1. The molecule has 0 fully saturated rings. The van der Waals surface area contributed by atoms with Crippen molar-refractivity contribution >= 4 is 11.7 Å². The Morgan fingerprint density at radius 3 is 2.53 bits per heavy atom. The highest BCUT2D eigenvalue weighted by molar-refractivity contribution is 6.36. The number of oxime groups is 1. The van der Waals surface area contributed by atoms with Gasteiger partial charge in [-0.1, -0.05) is 49.3 Å². The van der Waals surface area contributed by atoms with Gasteiger partial charge in [-0.15, -0.1) is 0 Å². The number of carbonyl (C=O) groups is 1. The van der Waals surface area contributed by atoms with Gasteiger partial charge < -0.3 is 9.94 Å². The van der Waals surface area contributed by atoms with Crippen LogP contribution in [0.15, 0.2) is 35.5 Å². The number of carbonyl (C=O) groups excluding carboxylic acids is 1. The summed E-state index contributed by atoms with van der Waals surface area (Å²) in [5.74, 6) is -0.324. The van der Waals surface area contributed by atoms with E-state index in [1.807, 2.05) is 44.2 Å². The van der Waals surface area contributed by atoms with Gasteiger partial charge in [-0.05, 0) is 11.5 Å². The molecule has 4 nitrogen and oxygen atoms in total. The van der Waals surface area contributed by atoms with Crippen molar-refractivity contribution in [1.82, 2.24) is 0 Å². The molecule has 0 bridgehead atoms. The molecule has 0 aliphatic carbocycles. The number of ether oxygens (including phenoxy) is 1. The molecule has 4 heteroatoms. The van der Waals surface area contributed by atoms with Crippen molar-refractivity contribution in [3.63, 3.8) is 0 Å². The molecule has 0 spiro atoms. The molecular weight excluding hydrogens is 218 g/mol. The normalized spacial score (nSPS) is 11.6. The first-order valence-corrected chi connectivity index (χ1v) is 5.55. The largest absolute Gasteiger partial charge is 0.456 e. The zero-order valence-corrected chi connectivity index (χ0v) is 10.1. The minimum absolute atomic E-state index is 0.0657. The summed E-state index contributed by atoms with van der Waals surface area (Å²) in [4.78, 5) is 11.6. The van der Waals surface area contributed by atoms with Crippen molar-refractivity contribution in [3.05, 3.63) is 35.9 Å². The summed E-state index contributed by atoms with van der Waals surface area (Å²) in [5.41, 5.74) is 0.971. The van der Waals surface area contributed by atoms with Crippen molar-refractivity contribution in [2.24, 2.45) is 11.1 Å². The van der Waals surface area contributed by atoms with Crippen LogP contribution in [-0.2, 0) is 16.1 Å². The molecule has 0 saturated carbocycles. The van der Waals surface area contributed by atoms with Gasteiger partial charge in [0.15, 0.2) is 5.71 Å². The Morgan fingerprint density at radius 1 is 1.35 bits per heavy atom. The van der Waals surface area contributed by atoms with Crippen LogP contribution in [0, 0.1) is 5.92 Å². The van der Waals surface area contributed by atoms with Gasteiger partial charge in [0.25, 0.3) is 0 Å². The lowest BCUT2D eigenvalue weighted by atomic mass is 10.1. The lowest BCUT2D eigenvalue weighted by Gasteiger charge is -2.07. The predicted octanol–water partition coefficient (Wildman–Crippen LogP) is 2.61. The third kappa shape index (κ3) is 4.68. The van der Waals surface area contributed by atoms with Gasteiger partial charge in [-0.3, -0.25) is 0 Å². The molecule has 0 aliphatic rings. The van der Waals surface area contributed by atoms with E-state index < -0.39 is 5.97 Å². The van der Waals surface area contributed by atoms with Crippen molar-refractivity contribution in [2.45, 2.75) is 26.9 Å². The molecule has 1 N–H and O–H groups in total. The van der Waals surface area contributed by atoms with Crippen LogP contribution in [0.3, 0.4) is 0 Å². The highest BCUT2D eigenvalue weighted by Crippen LogP contribution is 2.05. The Bertz CT molecular complexity index is 385. The summed E-state index contributed by atoms with van der Waals surface area (Å²) >= 11 is 0. The Hall–Kier alpha value is -1.84. The SMILES string of the molecule is CC(C)C/C(=N/O)C(=O)OCc1ccccc1. The summed E-state index contributed by atoms with van der Waals surface area (Å²) in [6.07, 6.45) is 0.407. The first-order chi connectivity index (χ1) is 8.13. The van der Waals surface area contributed by atoms with Gasteiger partial charge in [-0.25, -0.2) is 4.79 Å². The molecular formula is C13H17NO3. The maximum atomic E-state index is 11.6. The fourth-order valence-electron chi connectivity index (χ4n) is 1.36. The molecule has 0 atom stereocenters. The third-order valence-corrected chi connectivity index (χ3v) is 2.17. The number of hydrogen-bond donors (Lipinski definition) is 1. The van der Waals surface area contributed by atoms with E-state index in [-0.39, 0.29) is 18.2 Å². The zero-order chi connectivity index (χ0) is 12.7. The van der Waals surface area contributed by atoms with Crippen LogP contribution in [0.4, 0.5) is 0 Å². The van der Waals surface area contributed by atoms with Gasteiger partial charge in [-0.2, -0.15) is 0 Å². The van der Waals surface area contributed by atoms with Crippen molar-refractivity contribution in [1.29, 1.82) is 0 Å². The molecule has 17 heavy (non-hydrogen) atoms. The highest BCUT2D eigenvalue weighted by Gasteiger charge is 2.15. The summed E-state index contributed by atoms with van der Waals surface area (Å²) < 4.78 is 5.05. The van der Waals surface area contributed by atoms with Crippen LogP contribution in [0.2, 0.25) is 0 Å². The predicted molar refractivity (Wildman–Crippen MR) is 64.9 cm³/mol. The standard InChI is InChI=1S/C13H17NO3/c1-10(2)8-12(14-16)13(15)17-9-11-6-4-3-5-7-11/h3-7,10,16H,8-9H2,1-2H3/b14-12-. The lowest BCUT2D eigenvalue weighted by Crippen LogP contribution is -2.19. The number of benzene rings is 1. The Kier molecular flexibility index (Phi) is 5.20. The first-order valence-electron chi connectivity index (χ1n) is 5.55. The summed E-state index contributed by atoms with van der Waals surface area (Å²) in [6, 6.07) is 9.37. The molecule has 1 aromatic carbocycles. The Morgan fingerprint density at radius 2 is 2.00 bits per heavy atom. The number of esters is 1. The molecule has 92 valence electrons. The van der Waals surface area contributed by atoms with Crippen LogP contribution in [0.25, 0.3) is 0 Å². The van der Waals surface area contributed by atoms with E-state index in [0.29, 0.717) is 6.42 Å².